The molecule has 0 aliphatic heterocycles. The third-order valence-corrected chi connectivity index (χ3v) is 14.5. The Bertz CT molecular complexity index is 1630. The average Bonchev–Trinajstić information content (AvgIpc) is 3.44. The molecule has 1 nitrogen and oxygen atoms in total. The van der Waals surface area contributed by atoms with Crippen molar-refractivity contribution in [1.82, 2.24) is 0 Å². The molecule has 6 fully saturated rings. The minimum atomic E-state index is 0.661. The predicted octanol–water partition coefficient (Wildman–Crippen LogP) is 11.1. The molecule has 11 unspecified atom stereocenters. The van der Waals surface area contributed by atoms with Crippen LogP contribution in [0.25, 0.3) is 32.7 Å². The summed E-state index contributed by atoms with van der Waals surface area (Å²) in [5, 5.41) is 5.31. The van der Waals surface area contributed by atoms with E-state index in [-0.39, 0.29) is 0 Å². The molecule has 0 amide bonds. The van der Waals surface area contributed by atoms with Crippen molar-refractivity contribution in [2.24, 2.45) is 59.2 Å². The minimum absolute atomic E-state index is 0.661. The zero-order chi connectivity index (χ0) is 26.7. The monoisotopic (exact) mass is 542 g/mol. The first-order valence-corrected chi connectivity index (χ1v) is 17.7. The van der Waals surface area contributed by atoms with E-state index in [0.717, 1.165) is 64.8 Å². The van der Waals surface area contributed by atoms with Crippen LogP contribution in [-0.4, -0.2) is 0 Å². The zero-order valence-electron chi connectivity index (χ0n) is 24.6. The van der Waals surface area contributed by atoms with Crippen molar-refractivity contribution < 1.29 is 4.42 Å². The number of hydrogen-bond acceptors (Lipinski definition) is 1. The van der Waals surface area contributed by atoms with E-state index in [1.165, 1.54) is 77.6 Å². The van der Waals surface area contributed by atoms with Gasteiger partial charge in [-0.05, 0) is 145 Å². The summed E-state index contributed by atoms with van der Waals surface area (Å²) < 4.78 is 6.77. The molecular weight excluding hydrogens is 496 g/mol. The van der Waals surface area contributed by atoms with E-state index in [0.29, 0.717) is 5.92 Å². The number of furan rings is 1. The third kappa shape index (κ3) is 3.36. The highest BCUT2D eigenvalue weighted by Gasteiger charge is 2.62. The highest BCUT2D eigenvalue weighted by atomic mass is 16.3. The van der Waals surface area contributed by atoms with E-state index < -0.39 is 0 Å². The summed E-state index contributed by atoms with van der Waals surface area (Å²) >= 11 is 0. The number of rotatable bonds is 1. The Balaban J connectivity index is 1.05. The molecule has 0 N–H and O–H groups in total. The highest BCUT2D eigenvalue weighted by molar-refractivity contribution is 6.19. The second-order valence-electron chi connectivity index (χ2n) is 15.6. The van der Waals surface area contributed by atoms with Gasteiger partial charge in [-0.2, -0.15) is 0 Å². The molecule has 6 saturated carbocycles. The van der Waals surface area contributed by atoms with Crippen LogP contribution in [0.2, 0.25) is 0 Å². The Labute approximate surface area is 245 Å². The fourth-order valence-electron chi connectivity index (χ4n) is 13.4. The van der Waals surface area contributed by atoms with E-state index in [2.05, 4.69) is 54.6 Å². The Hall–Kier alpha value is -2.28. The lowest BCUT2D eigenvalue weighted by Gasteiger charge is -2.67. The van der Waals surface area contributed by atoms with Gasteiger partial charge >= 0.3 is 0 Å². The molecular formula is C40H46O. The van der Waals surface area contributed by atoms with Crippen LogP contribution in [0.4, 0.5) is 0 Å². The van der Waals surface area contributed by atoms with Crippen LogP contribution < -0.4 is 0 Å². The van der Waals surface area contributed by atoms with E-state index in [9.17, 15) is 0 Å². The maximum absolute atomic E-state index is 6.77. The summed E-state index contributed by atoms with van der Waals surface area (Å²) in [4.78, 5) is 0. The van der Waals surface area contributed by atoms with Crippen molar-refractivity contribution in [2.75, 3.05) is 0 Å². The largest absolute Gasteiger partial charge is 0.456 e. The average molecular weight is 543 g/mol. The molecule has 11 atom stereocenters. The van der Waals surface area contributed by atoms with Gasteiger partial charge in [-0.15, -0.1) is 0 Å². The van der Waals surface area contributed by atoms with Gasteiger partial charge in [0.2, 0.25) is 0 Å². The molecule has 4 aromatic rings. The van der Waals surface area contributed by atoms with Crippen molar-refractivity contribution >= 4 is 32.7 Å². The summed E-state index contributed by atoms with van der Waals surface area (Å²) in [6.45, 7) is 0. The van der Waals surface area contributed by atoms with Crippen LogP contribution in [0, 0.1) is 59.2 Å². The van der Waals surface area contributed by atoms with Gasteiger partial charge < -0.3 is 4.42 Å². The van der Waals surface area contributed by atoms with Crippen LogP contribution in [0.5, 0.6) is 0 Å². The van der Waals surface area contributed by atoms with Crippen molar-refractivity contribution in [3.8, 4) is 0 Å². The van der Waals surface area contributed by atoms with Crippen molar-refractivity contribution in [2.45, 2.75) is 89.4 Å². The number of para-hydroxylation sites is 1. The van der Waals surface area contributed by atoms with Gasteiger partial charge in [-0.25, -0.2) is 0 Å². The molecule has 1 heteroatoms. The summed E-state index contributed by atoms with van der Waals surface area (Å²) in [6.07, 6.45) is 19.8. The minimum Gasteiger partial charge on any atom is -0.456 e. The number of benzene rings is 3. The van der Waals surface area contributed by atoms with Crippen molar-refractivity contribution in [1.29, 1.82) is 0 Å². The summed E-state index contributed by atoms with van der Waals surface area (Å²) in [5.74, 6) is 11.2. The molecule has 1 aromatic heterocycles. The van der Waals surface area contributed by atoms with Crippen molar-refractivity contribution in [3.63, 3.8) is 0 Å². The van der Waals surface area contributed by atoms with Gasteiger partial charge in [0.25, 0.3) is 0 Å². The van der Waals surface area contributed by atoms with Crippen LogP contribution >= 0.6 is 0 Å². The Morgan fingerprint density at radius 2 is 1.12 bits per heavy atom. The standard InChI is InChI=1S/C40H46O/c1-2-9-25-23(8-1)19-21-36-37(25)34-17-5-12-26(40(34)41-36)24-18-20-29-32-15-6-13-30-27-10-3-4-11-28(27)31-14-7-16-33(35(29)22-24)39(31)38(30)32/h1-2,5,8-9,12,17,19,21,24,27-33,35,38-39H,3-4,6-7,10-11,13-16,18,20,22H2. The highest BCUT2D eigenvalue weighted by Crippen LogP contribution is 2.69. The maximum atomic E-state index is 6.77. The van der Waals surface area contributed by atoms with E-state index >= 15 is 0 Å². The Morgan fingerprint density at radius 1 is 0.488 bits per heavy atom. The van der Waals surface area contributed by atoms with Gasteiger partial charge in [0.15, 0.2) is 0 Å². The Morgan fingerprint density at radius 3 is 1.88 bits per heavy atom. The molecule has 0 saturated heterocycles. The maximum Gasteiger partial charge on any atom is 0.138 e. The second-order valence-corrected chi connectivity index (χ2v) is 15.6. The SMILES string of the molecule is c1ccc2c(c1)ccc1oc3c(C4CCC5C(C4)C4CCCC6C7CCCCC7C7CCCC5C7C64)cccc3c12. The van der Waals surface area contributed by atoms with E-state index in [1.54, 1.807) is 38.5 Å². The molecule has 0 spiro atoms. The molecule has 3 aromatic carbocycles. The summed E-state index contributed by atoms with van der Waals surface area (Å²) in [6, 6.07) is 20.4. The first-order chi connectivity index (χ1) is 20.3. The van der Waals surface area contributed by atoms with E-state index in [1.807, 2.05) is 0 Å². The van der Waals surface area contributed by atoms with Crippen LogP contribution in [-0.2, 0) is 0 Å². The quantitative estimate of drug-likeness (QED) is 0.233. The lowest BCUT2D eigenvalue weighted by molar-refractivity contribution is -0.188. The smallest absolute Gasteiger partial charge is 0.138 e. The molecule has 0 radical (unpaired) electrons. The molecule has 6 aliphatic carbocycles. The van der Waals surface area contributed by atoms with E-state index in [4.69, 9.17) is 4.42 Å². The van der Waals surface area contributed by atoms with Gasteiger partial charge in [0.05, 0.1) is 0 Å². The van der Waals surface area contributed by atoms with Crippen LogP contribution in [0.15, 0.2) is 59.0 Å². The molecule has 1 heterocycles. The first kappa shape index (κ1) is 24.2. The fraction of sp³-hybridized carbons (Fsp3) is 0.600. The van der Waals surface area contributed by atoms with Crippen LogP contribution in [0.3, 0.4) is 0 Å². The number of fused-ring (bicyclic) bond motifs is 11. The lowest BCUT2D eigenvalue weighted by Crippen LogP contribution is -2.61. The molecule has 10 rings (SSSR count). The van der Waals surface area contributed by atoms with Gasteiger partial charge in [-0.3, -0.25) is 0 Å². The summed E-state index contributed by atoms with van der Waals surface area (Å²) in [5.41, 5.74) is 3.78. The van der Waals surface area contributed by atoms with Gasteiger partial charge in [0, 0.05) is 10.8 Å². The fourth-order valence-corrected chi connectivity index (χ4v) is 13.4. The Kier molecular flexibility index (Phi) is 5.38. The summed E-state index contributed by atoms with van der Waals surface area (Å²) in [7, 11) is 0. The predicted molar refractivity (Wildman–Crippen MR) is 169 cm³/mol. The molecule has 0 bridgehead atoms. The van der Waals surface area contributed by atoms with Crippen LogP contribution in [0.1, 0.15) is 95.0 Å². The normalized spacial score (nSPS) is 41.6. The second kappa shape index (κ2) is 9.11. The van der Waals surface area contributed by atoms with Gasteiger partial charge in [-0.1, -0.05) is 74.2 Å². The lowest BCUT2D eigenvalue weighted by atomic mass is 9.37. The van der Waals surface area contributed by atoms with Gasteiger partial charge in [0.1, 0.15) is 11.2 Å². The molecule has 6 aliphatic rings. The molecule has 212 valence electrons. The topological polar surface area (TPSA) is 13.1 Å². The zero-order valence-corrected chi connectivity index (χ0v) is 24.6. The third-order valence-electron chi connectivity index (χ3n) is 14.5. The first-order valence-electron chi connectivity index (χ1n) is 17.7. The molecule has 41 heavy (non-hydrogen) atoms. The number of hydrogen-bond donors (Lipinski definition) is 0. The van der Waals surface area contributed by atoms with Crippen molar-refractivity contribution in [3.05, 3.63) is 60.2 Å².